The number of phenols is 1. The summed E-state index contributed by atoms with van der Waals surface area (Å²) < 4.78 is 174. The molecular formula is C46H31N7O16S5. The van der Waals surface area contributed by atoms with Gasteiger partial charge in [-0.15, -0.1) is 25.6 Å². The highest BCUT2D eigenvalue weighted by Gasteiger charge is 2.24. The van der Waals surface area contributed by atoms with Crippen LogP contribution in [0.25, 0.3) is 43.1 Å². The molecule has 0 saturated carbocycles. The van der Waals surface area contributed by atoms with Crippen LogP contribution in [0.5, 0.6) is 5.75 Å². The van der Waals surface area contributed by atoms with Crippen LogP contribution in [0.15, 0.2) is 201 Å². The van der Waals surface area contributed by atoms with Crippen molar-refractivity contribution >= 4 is 139 Å². The Morgan fingerprint density at radius 3 is 1.36 bits per heavy atom. The monoisotopic (exact) mass is 1100 g/mol. The van der Waals surface area contributed by atoms with Crippen LogP contribution in [-0.4, -0.2) is 70.0 Å². The first-order chi connectivity index (χ1) is 34.7. The third kappa shape index (κ3) is 10.4. The molecule has 0 aliphatic carbocycles. The van der Waals surface area contributed by atoms with Crippen LogP contribution in [0.4, 0.5) is 45.5 Å². The molecule has 0 heterocycles. The van der Waals surface area contributed by atoms with Gasteiger partial charge in [-0.2, -0.15) is 47.2 Å². The van der Waals surface area contributed by atoms with Crippen LogP contribution >= 0.6 is 0 Å². The van der Waals surface area contributed by atoms with Crippen LogP contribution in [0.2, 0.25) is 0 Å². The molecule has 0 aromatic heterocycles. The zero-order chi connectivity index (χ0) is 53.1. The lowest BCUT2D eigenvalue weighted by Crippen LogP contribution is -2.03. The minimum atomic E-state index is -5.08. The summed E-state index contributed by atoms with van der Waals surface area (Å²) >= 11 is 0. The lowest BCUT2D eigenvalue weighted by atomic mass is 10.1. The lowest BCUT2D eigenvalue weighted by Gasteiger charge is -2.12. The summed E-state index contributed by atoms with van der Waals surface area (Å²) in [7, 11) is -24.7. The van der Waals surface area contributed by atoms with E-state index < -0.39 is 86.5 Å². The highest BCUT2D eigenvalue weighted by atomic mass is 32.2. The van der Waals surface area contributed by atoms with Crippen molar-refractivity contribution in [3.05, 3.63) is 146 Å². The van der Waals surface area contributed by atoms with Gasteiger partial charge in [-0.05, 0) is 109 Å². The van der Waals surface area contributed by atoms with E-state index in [0.717, 1.165) is 54.6 Å². The van der Waals surface area contributed by atoms with E-state index >= 15 is 0 Å². The van der Waals surface area contributed by atoms with E-state index in [1.54, 1.807) is 30.3 Å². The van der Waals surface area contributed by atoms with E-state index in [1.165, 1.54) is 54.6 Å². The Hall–Kier alpha value is -8.03. The Balaban J connectivity index is 1.13. The van der Waals surface area contributed by atoms with Crippen molar-refractivity contribution in [2.24, 2.45) is 30.7 Å². The fraction of sp³-hybridized carbons (Fsp3) is 0. The number of benzene rings is 9. The second-order valence-corrected chi connectivity index (χ2v) is 22.9. The second-order valence-electron chi connectivity index (χ2n) is 15.9. The number of anilines is 2. The predicted octanol–water partition coefficient (Wildman–Crippen LogP) is 11.2. The third-order valence-corrected chi connectivity index (χ3v) is 15.5. The summed E-state index contributed by atoms with van der Waals surface area (Å²) in [5, 5.41) is 39.2. The number of hydrogen-bond acceptors (Lipinski definition) is 18. The molecule has 9 rings (SSSR count). The Bertz CT molecular complexity index is 4560. The van der Waals surface area contributed by atoms with Gasteiger partial charge in [0.25, 0.3) is 50.6 Å². The molecular weight excluding hydrogens is 1070 g/mol. The minimum Gasteiger partial charge on any atom is -0.505 e. The van der Waals surface area contributed by atoms with Gasteiger partial charge in [-0.25, -0.2) is 0 Å². The molecule has 9 aromatic carbocycles. The number of para-hydroxylation sites is 1. The van der Waals surface area contributed by atoms with Gasteiger partial charge in [0.2, 0.25) is 0 Å². The number of rotatable bonds is 13. The molecule has 0 radical (unpaired) electrons. The number of phenolic OH excluding ortho intramolecular Hbond substituents is 1. The molecule has 28 heteroatoms. The molecule has 9 aromatic rings. The molecule has 0 bridgehead atoms. The predicted molar refractivity (Wildman–Crippen MR) is 269 cm³/mol. The van der Waals surface area contributed by atoms with Crippen LogP contribution in [0.1, 0.15) is 0 Å². The van der Waals surface area contributed by atoms with Gasteiger partial charge >= 0.3 is 0 Å². The van der Waals surface area contributed by atoms with Crippen molar-refractivity contribution < 1.29 is 70.0 Å². The fourth-order valence-corrected chi connectivity index (χ4v) is 10.9. The molecule has 23 nitrogen and oxygen atoms in total. The second kappa shape index (κ2) is 18.8. The van der Waals surface area contributed by atoms with Gasteiger partial charge < -0.3 is 10.4 Å². The van der Waals surface area contributed by atoms with E-state index in [2.05, 4.69) is 36.0 Å². The van der Waals surface area contributed by atoms with Crippen molar-refractivity contribution in [3.8, 4) is 5.75 Å². The summed E-state index contributed by atoms with van der Waals surface area (Å²) in [6.07, 6.45) is 0. The van der Waals surface area contributed by atoms with Crippen molar-refractivity contribution in [1.82, 2.24) is 0 Å². The van der Waals surface area contributed by atoms with Crippen LogP contribution < -0.4 is 5.32 Å². The van der Waals surface area contributed by atoms with E-state index in [9.17, 15) is 70.0 Å². The third-order valence-electron chi connectivity index (χ3n) is 11.1. The Morgan fingerprint density at radius 2 is 0.838 bits per heavy atom. The molecule has 0 saturated heterocycles. The Kier molecular flexibility index (Phi) is 12.9. The molecule has 7 N–H and O–H groups in total. The van der Waals surface area contributed by atoms with Crippen LogP contribution in [-0.2, 0) is 50.6 Å². The molecule has 0 aliphatic rings. The molecule has 0 aliphatic heterocycles. The molecule has 0 unspecified atom stereocenters. The summed E-state index contributed by atoms with van der Waals surface area (Å²) in [4.78, 5) is -3.52. The zero-order valence-electron chi connectivity index (χ0n) is 36.8. The maximum absolute atomic E-state index is 12.7. The molecule has 0 spiro atoms. The largest absolute Gasteiger partial charge is 0.505 e. The van der Waals surface area contributed by atoms with E-state index in [4.69, 9.17) is 0 Å². The van der Waals surface area contributed by atoms with Crippen molar-refractivity contribution in [1.29, 1.82) is 0 Å². The van der Waals surface area contributed by atoms with Gasteiger partial charge in [0.1, 0.15) is 20.4 Å². The lowest BCUT2D eigenvalue weighted by molar-refractivity contribution is 0.472. The minimum absolute atomic E-state index is 0.00835. The number of azo groups is 3. The standard InChI is InChI=1S/C46H31N7O16S5/c54-46-31-12-9-27(47-26-5-2-1-3-6-26)19-25(31)20-44(74(67,68)69)45(46)53-52-41-18-16-39(33-14-11-30(24-36(33)41)71(58,59)60)50-51-40-17-15-38(32-13-10-29(23-35(32)40)70(55,56)57)49-48-28-21-37-34(43(22-28)73(64,65)66)7-4-8-42(37)72(61,62)63/h1-24,47,54H,(H,55,56,57)(H,58,59,60)(H,61,62,63)(H,64,65,66)(H,67,68,69). The molecule has 74 heavy (non-hydrogen) atoms. The summed E-state index contributed by atoms with van der Waals surface area (Å²) in [6, 6.07) is 31.6. The normalized spacial score (nSPS) is 13.1. The summed E-state index contributed by atoms with van der Waals surface area (Å²) in [6.45, 7) is 0. The number of fused-ring (bicyclic) bond motifs is 4. The van der Waals surface area contributed by atoms with Gasteiger partial charge in [0.05, 0.1) is 38.2 Å². The SMILES string of the molecule is O=S(=O)(O)c1ccc2c(N=Nc3ccc(N=Nc4cc(S(=O)(=O)O)c5cccc(S(=O)(=O)O)c5c4)c4ccc(S(=O)(=O)O)cc34)ccc(N=Nc3c(S(=O)(=O)O)cc4cc(Nc5ccccc5)ccc4c3O)c2c1. The van der Waals surface area contributed by atoms with Gasteiger partial charge in [-0.3, -0.25) is 22.8 Å². The van der Waals surface area contributed by atoms with Crippen LogP contribution in [0.3, 0.4) is 0 Å². The van der Waals surface area contributed by atoms with E-state index in [1.807, 2.05) is 6.07 Å². The van der Waals surface area contributed by atoms with E-state index in [0.29, 0.717) is 11.4 Å². The molecule has 0 amide bonds. The van der Waals surface area contributed by atoms with Gasteiger partial charge in [0, 0.05) is 49.1 Å². The number of nitrogens with one attached hydrogen (secondary N) is 1. The summed E-state index contributed by atoms with van der Waals surface area (Å²) in [5.74, 6) is -0.690. The fourth-order valence-electron chi connectivity index (χ4n) is 7.80. The van der Waals surface area contributed by atoms with Crippen molar-refractivity contribution in [2.45, 2.75) is 24.5 Å². The first-order valence-electron chi connectivity index (χ1n) is 20.7. The van der Waals surface area contributed by atoms with Gasteiger partial charge in [0.15, 0.2) is 5.75 Å². The number of nitrogens with zero attached hydrogens (tertiary/aromatic N) is 6. The summed E-state index contributed by atoms with van der Waals surface area (Å²) in [5.41, 5.74) is -0.0711. The quantitative estimate of drug-likeness (QED) is 0.0416. The first-order valence-corrected chi connectivity index (χ1v) is 27.9. The highest BCUT2D eigenvalue weighted by Crippen LogP contribution is 2.45. The number of hydrogen-bond donors (Lipinski definition) is 7. The molecule has 0 atom stereocenters. The zero-order valence-corrected chi connectivity index (χ0v) is 40.9. The molecule has 0 fully saturated rings. The topological polar surface area (TPSA) is 378 Å². The maximum atomic E-state index is 12.7. The van der Waals surface area contributed by atoms with Crippen molar-refractivity contribution in [3.63, 3.8) is 0 Å². The van der Waals surface area contributed by atoms with Gasteiger partial charge in [-0.1, -0.05) is 42.5 Å². The van der Waals surface area contributed by atoms with E-state index in [-0.39, 0.29) is 71.5 Å². The maximum Gasteiger partial charge on any atom is 0.296 e. The average Bonchev–Trinajstić information content (AvgIpc) is 3.33. The highest BCUT2D eigenvalue weighted by molar-refractivity contribution is 7.87. The Labute approximate surface area is 418 Å². The first kappa shape index (κ1) is 50.9. The smallest absolute Gasteiger partial charge is 0.296 e. The molecule has 376 valence electrons. The number of aromatic hydroxyl groups is 1. The van der Waals surface area contributed by atoms with Crippen molar-refractivity contribution in [2.75, 3.05) is 5.32 Å². The Morgan fingerprint density at radius 1 is 0.338 bits per heavy atom. The van der Waals surface area contributed by atoms with Crippen LogP contribution in [0, 0.1) is 0 Å². The average molecular weight is 1100 g/mol.